The first-order chi connectivity index (χ1) is 9.67. The molecule has 0 aliphatic heterocycles. The van der Waals surface area contributed by atoms with Crippen LogP contribution >= 0.6 is 0 Å². The smallest absolute Gasteiger partial charge is 0.0714 e. The van der Waals surface area contributed by atoms with Crippen LogP contribution in [0.2, 0.25) is 0 Å². The van der Waals surface area contributed by atoms with Crippen molar-refractivity contribution >= 4 is 0 Å². The predicted octanol–water partition coefficient (Wildman–Crippen LogP) is 3.80. The molecule has 2 unspecified atom stereocenters. The molecule has 2 atom stereocenters. The molecule has 0 saturated heterocycles. The average Bonchev–Trinajstić information content (AvgIpc) is 2.79. The van der Waals surface area contributed by atoms with Crippen molar-refractivity contribution in [3.63, 3.8) is 0 Å². The molecular formula is C17H25N3. The summed E-state index contributed by atoms with van der Waals surface area (Å²) in [6.45, 7) is 9.53. The van der Waals surface area contributed by atoms with Crippen LogP contribution in [0.3, 0.4) is 0 Å². The zero-order valence-electron chi connectivity index (χ0n) is 12.9. The van der Waals surface area contributed by atoms with Gasteiger partial charge >= 0.3 is 0 Å². The van der Waals surface area contributed by atoms with Crippen molar-refractivity contribution in [3.05, 3.63) is 53.3 Å². The highest BCUT2D eigenvalue weighted by molar-refractivity contribution is 5.21. The van der Waals surface area contributed by atoms with Gasteiger partial charge in [-0.25, -0.2) is 0 Å². The fraction of sp³-hybridized carbons (Fsp3) is 0.471. The number of nitrogens with one attached hydrogen (secondary N) is 1. The molecule has 20 heavy (non-hydrogen) atoms. The normalized spacial score (nSPS) is 14.2. The Morgan fingerprint density at radius 2 is 1.85 bits per heavy atom. The SMILES string of the molecule is CCNC(c1ccccc1)C(CC)n1nc(C)cc1C. The van der Waals surface area contributed by atoms with E-state index in [1.807, 2.05) is 0 Å². The summed E-state index contributed by atoms with van der Waals surface area (Å²) in [7, 11) is 0. The highest BCUT2D eigenvalue weighted by atomic mass is 15.3. The van der Waals surface area contributed by atoms with E-state index in [0.29, 0.717) is 12.1 Å². The highest BCUT2D eigenvalue weighted by Crippen LogP contribution is 2.29. The third-order valence-electron chi connectivity index (χ3n) is 3.74. The summed E-state index contributed by atoms with van der Waals surface area (Å²) < 4.78 is 2.18. The van der Waals surface area contributed by atoms with Crippen LogP contribution in [-0.4, -0.2) is 16.3 Å². The molecule has 0 bridgehead atoms. The molecule has 0 amide bonds. The quantitative estimate of drug-likeness (QED) is 0.866. The monoisotopic (exact) mass is 271 g/mol. The van der Waals surface area contributed by atoms with Crippen molar-refractivity contribution in [2.24, 2.45) is 0 Å². The van der Waals surface area contributed by atoms with Crippen molar-refractivity contribution in [2.45, 2.75) is 46.2 Å². The molecule has 2 aromatic rings. The van der Waals surface area contributed by atoms with Gasteiger partial charge in [0.15, 0.2) is 0 Å². The van der Waals surface area contributed by atoms with Gasteiger partial charge in [0.1, 0.15) is 0 Å². The van der Waals surface area contributed by atoms with E-state index in [1.54, 1.807) is 0 Å². The minimum absolute atomic E-state index is 0.296. The Morgan fingerprint density at radius 1 is 1.15 bits per heavy atom. The van der Waals surface area contributed by atoms with E-state index in [9.17, 15) is 0 Å². The standard InChI is InChI=1S/C17H25N3/c1-5-16(20-14(4)12-13(3)19-20)17(18-6-2)15-10-8-7-9-11-15/h7-12,16-18H,5-6H2,1-4H3. The maximum Gasteiger partial charge on any atom is 0.0714 e. The Morgan fingerprint density at radius 3 is 2.35 bits per heavy atom. The lowest BCUT2D eigenvalue weighted by molar-refractivity contribution is 0.320. The van der Waals surface area contributed by atoms with Crippen molar-refractivity contribution in [1.29, 1.82) is 0 Å². The number of hydrogen-bond donors (Lipinski definition) is 1. The molecular weight excluding hydrogens is 246 g/mol. The second-order valence-electron chi connectivity index (χ2n) is 5.29. The third-order valence-corrected chi connectivity index (χ3v) is 3.74. The number of benzene rings is 1. The Kier molecular flexibility index (Phi) is 4.96. The molecule has 0 fully saturated rings. The molecule has 1 heterocycles. The van der Waals surface area contributed by atoms with Gasteiger partial charge in [-0.1, -0.05) is 44.2 Å². The number of rotatable bonds is 6. The van der Waals surface area contributed by atoms with Gasteiger partial charge in [-0.15, -0.1) is 0 Å². The van der Waals surface area contributed by atoms with Crippen LogP contribution in [0.15, 0.2) is 36.4 Å². The Hall–Kier alpha value is -1.61. The van der Waals surface area contributed by atoms with Crippen LogP contribution in [0.4, 0.5) is 0 Å². The van der Waals surface area contributed by atoms with E-state index in [1.165, 1.54) is 11.3 Å². The minimum atomic E-state index is 0.296. The van der Waals surface area contributed by atoms with Crippen LogP contribution in [0.5, 0.6) is 0 Å². The highest BCUT2D eigenvalue weighted by Gasteiger charge is 2.24. The second kappa shape index (κ2) is 6.71. The van der Waals surface area contributed by atoms with Crippen molar-refractivity contribution in [2.75, 3.05) is 6.54 Å². The largest absolute Gasteiger partial charge is 0.308 e. The maximum absolute atomic E-state index is 4.69. The van der Waals surface area contributed by atoms with Crippen molar-refractivity contribution in [3.8, 4) is 0 Å². The lowest BCUT2D eigenvalue weighted by atomic mass is 9.97. The van der Waals surface area contributed by atoms with Gasteiger partial charge < -0.3 is 5.32 Å². The molecule has 0 saturated carbocycles. The molecule has 3 heteroatoms. The van der Waals surface area contributed by atoms with E-state index in [4.69, 9.17) is 0 Å². The number of aromatic nitrogens is 2. The summed E-state index contributed by atoms with van der Waals surface area (Å²) in [5.74, 6) is 0. The summed E-state index contributed by atoms with van der Waals surface area (Å²) in [4.78, 5) is 0. The Bertz CT molecular complexity index is 530. The van der Waals surface area contributed by atoms with E-state index in [0.717, 1.165) is 18.7 Å². The number of hydrogen-bond acceptors (Lipinski definition) is 2. The van der Waals surface area contributed by atoms with Crippen LogP contribution in [0.25, 0.3) is 0 Å². The van der Waals surface area contributed by atoms with E-state index in [-0.39, 0.29) is 0 Å². The molecule has 0 aliphatic rings. The molecule has 108 valence electrons. The predicted molar refractivity (Wildman–Crippen MR) is 83.9 cm³/mol. The Balaban J connectivity index is 2.38. The minimum Gasteiger partial charge on any atom is -0.308 e. The molecule has 1 aromatic carbocycles. The molecule has 1 N–H and O–H groups in total. The number of nitrogens with zero attached hydrogens (tertiary/aromatic N) is 2. The van der Waals surface area contributed by atoms with Crippen LogP contribution in [-0.2, 0) is 0 Å². The van der Waals surface area contributed by atoms with Gasteiger partial charge in [0, 0.05) is 5.69 Å². The lowest BCUT2D eigenvalue weighted by Crippen LogP contribution is -2.31. The first-order valence-corrected chi connectivity index (χ1v) is 7.48. The zero-order chi connectivity index (χ0) is 14.5. The molecule has 1 aromatic heterocycles. The molecule has 0 radical (unpaired) electrons. The van der Waals surface area contributed by atoms with Gasteiger partial charge in [0.25, 0.3) is 0 Å². The van der Waals surface area contributed by atoms with Crippen LogP contribution in [0, 0.1) is 13.8 Å². The van der Waals surface area contributed by atoms with Gasteiger partial charge in [-0.2, -0.15) is 5.10 Å². The van der Waals surface area contributed by atoms with Gasteiger partial charge in [0.05, 0.1) is 17.8 Å². The third kappa shape index (κ3) is 3.10. The molecule has 3 nitrogen and oxygen atoms in total. The summed E-state index contributed by atoms with van der Waals surface area (Å²) >= 11 is 0. The van der Waals surface area contributed by atoms with E-state index < -0.39 is 0 Å². The molecule has 2 rings (SSSR count). The molecule has 0 spiro atoms. The van der Waals surface area contributed by atoms with E-state index in [2.05, 4.69) is 79.2 Å². The van der Waals surface area contributed by atoms with Crippen molar-refractivity contribution < 1.29 is 0 Å². The fourth-order valence-corrected chi connectivity index (χ4v) is 2.89. The van der Waals surface area contributed by atoms with Gasteiger partial charge in [-0.05, 0) is 38.4 Å². The molecule has 0 aliphatic carbocycles. The van der Waals surface area contributed by atoms with Crippen LogP contribution in [0.1, 0.15) is 49.3 Å². The summed E-state index contributed by atoms with van der Waals surface area (Å²) in [5, 5.41) is 8.31. The first kappa shape index (κ1) is 14.8. The maximum atomic E-state index is 4.69. The zero-order valence-corrected chi connectivity index (χ0v) is 12.9. The van der Waals surface area contributed by atoms with Gasteiger partial charge in [0.2, 0.25) is 0 Å². The van der Waals surface area contributed by atoms with Crippen molar-refractivity contribution in [1.82, 2.24) is 15.1 Å². The second-order valence-corrected chi connectivity index (χ2v) is 5.29. The Labute approximate surface area is 122 Å². The first-order valence-electron chi connectivity index (χ1n) is 7.48. The topological polar surface area (TPSA) is 29.9 Å². The van der Waals surface area contributed by atoms with Crippen LogP contribution < -0.4 is 5.32 Å². The average molecular weight is 271 g/mol. The summed E-state index contributed by atoms with van der Waals surface area (Å²) in [6.07, 6.45) is 1.05. The summed E-state index contributed by atoms with van der Waals surface area (Å²) in [6, 6.07) is 13.5. The van der Waals surface area contributed by atoms with E-state index >= 15 is 0 Å². The van der Waals surface area contributed by atoms with Gasteiger partial charge in [-0.3, -0.25) is 4.68 Å². The number of aryl methyl sites for hydroxylation is 2. The number of likely N-dealkylation sites (N-methyl/N-ethyl adjacent to an activating group) is 1. The fourth-order valence-electron chi connectivity index (χ4n) is 2.89. The summed E-state index contributed by atoms with van der Waals surface area (Å²) in [5.41, 5.74) is 3.64. The lowest BCUT2D eigenvalue weighted by Gasteiger charge is -2.29.